The molecule has 0 fully saturated rings. The Labute approximate surface area is 91.0 Å². The largest absolute Gasteiger partial charge is 0.480 e. The van der Waals surface area contributed by atoms with Gasteiger partial charge in [0, 0.05) is 11.0 Å². The predicted octanol–water partition coefficient (Wildman–Crippen LogP) is -0.196. The molecule has 0 radical (unpaired) electrons. The zero-order chi connectivity index (χ0) is 12.1. The van der Waals surface area contributed by atoms with Gasteiger partial charge in [-0.3, -0.25) is 10.1 Å². The average molecular weight is 229 g/mol. The maximum Gasteiger partial charge on any atom is 0.239 e. The monoisotopic (exact) mass is 229 g/mol. The molecule has 1 aromatic rings. The van der Waals surface area contributed by atoms with Gasteiger partial charge in [0.2, 0.25) is 18.3 Å². The maximum absolute atomic E-state index is 10.3. The third-order valence-corrected chi connectivity index (χ3v) is 1.85. The second-order valence-electron chi connectivity index (χ2n) is 2.88. The van der Waals surface area contributed by atoms with Crippen molar-refractivity contribution in [3.05, 3.63) is 21.7 Å². The molecule has 0 saturated carbocycles. The Morgan fingerprint density at radius 2 is 2.19 bits per heavy atom. The summed E-state index contributed by atoms with van der Waals surface area (Å²) in [6.45, 7) is -0.634. The van der Waals surface area contributed by atoms with Gasteiger partial charge in [-0.1, -0.05) is 0 Å². The summed E-state index contributed by atoms with van der Waals surface area (Å²) in [5.41, 5.74) is 0.172. The number of hydrogen-bond acceptors (Lipinski definition) is 7. The third kappa shape index (κ3) is 2.76. The molecule has 0 amide bonds. The molecule has 8 heteroatoms. The van der Waals surface area contributed by atoms with E-state index in [1.165, 1.54) is 20.3 Å². The number of aliphatic hydroxyl groups excluding tert-OH is 1. The molecule has 1 N–H and O–H groups in total. The fraction of sp³-hybridized carbons (Fsp3) is 0.500. The molecule has 1 heterocycles. The molecule has 1 unspecified atom stereocenters. The summed E-state index contributed by atoms with van der Waals surface area (Å²) < 4.78 is 9.64. The average Bonchev–Trinajstić information content (AvgIpc) is 2.27. The van der Waals surface area contributed by atoms with Crippen LogP contribution in [-0.4, -0.2) is 41.0 Å². The van der Waals surface area contributed by atoms with Crippen LogP contribution >= 0.6 is 0 Å². The first kappa shape index (κ1) is 12.1. The molecule has 0 bridgehead atoms. The lowest BCUT2D eigenvalue weighted by atomic mass is 10.1. The molecule has 0 saturated heterocycles. The Morgan fingerprint density at radius 1 is 1.50 bits per heavy atom. The number of aliphatic hydroxyl groups is 1. The molecule has 0 aliphatic heterocycles. The summed E-state index contributed by atoms with van der Waals surface area (Å²) in [6, 6.07) is 1.35. The van der Waals surface area contributed by atoms with Gasteiger partial charge < -0.3 is 14.6 Å². The third-order valence-electron chi connectivity index (χ3n) is 1.85. The summed E-state index contributed by atoms with van der Waals surface area (Å²) in [6.07, 6.45) is -1.31. The van der Waals surface area contributed by atoms with E-state index in [-0.39, 0.29) is 17.3 Å². The van der Waals surface area contributed by atoms with E-state index in [0.29, 0.717) is 0 Å². The van der Waals surface area contributed by atoms with Crippen molar-refractivity contribution in [3.8, 4) is 11.8 Å². The van der Waals surface area contributed by atoms with Gasteiger partial charge in [0.05, 0.1) is 19.8 Å². The van der Waals surface area contributed by atoms with Gasteiger partial charge in [0.15, 0.2) is 0 Å². The van der Waals surface area contributed by atoms with Crippen LogP contribution in [0.25, 0.3) is 0 Å². The molecule has 8 nitrogen and oxygen atoms in total. The number of aromatic nitrogens is 2. The first-order chi connectivity index (χ1) is 7.58. The Kier molecular flexibility index (Phi) is 3.95. The van der Waals surface area contributed by atoms with Crippen molar-refractivity contribution >= 4 is 0 Å². The molecule has 88 valence electrons. The van der Waals surface area contributed by atoms with Gasteiger partial charge in [-0.25, -0.2) is 0 Å². The fourth-order valence-electron chi connectivity index (χ4n) is 1.11. The van der Waals surface area contributed by atoms with Crippen LogP contribution < -0.4 is 9.47 Å². The van der Waals surface area contributed by atoms with E-state index in [1.54, 1.807) is 0 Å². The molecule has 0 spiro atoms. The van der Waals surface area contributed by atoms with Crippen LogP contribution in [0.4, 0.5) is 0 Å². The van der Waals surface area contributed by atoms with Crippen molar-refractivity contribution in [3.63, 3.8) is 0 Å². The van der Waals surface area contributed by atoms with Gasteiger partial charge in [-0.05, 0) is 0 Å². The smallest absolute Gasteiger partial charge is 0.239 e. The van der Waals surface area contributed by atoms with Crippen molar-refractivity contribution in [2.45, 2.75) is 6.10 Å². The van der Waals surface area contributed by atoms with E-state index in [9.17, 15) is 15.2 Å². The highest BCUT2D eigenvalue weighted by Gasteiger charge is 2.21. The number of ether oxygens (including phenoxy) is 2. The van der Waals surface area contributed by atoms with Crippen molar-refractivity contribution in [1.29, 1.82) is 0 Å². The van der Waals surface area contributed by atoms with E-state index in [0.717, 1.165) is 0 Å². The van der Waals surface area contributed by atoms with Gasteiger partial charge in [-0.15, -0.1) is 10.2 Å². The lowest BCUT2D eigenvalue weighted by Crippen LogP contribution is -2.14. The summed E-state index contributed by atoms with van der Waals surface area (Å²) >= 11 is 0. The van der Waals surface area contributed by atoms with Crippen LogP contribution in [0.15, 0.2) is 6.07 Å². The molecule has 0 aromatic carbocycles. The zero-order valence-corrected chi connectivity index (χ0v) is 8.78. The first-order valence-electron chi connectivity index (χ1n) is 4.34. The number of nitro groups is 1. The summed E-state index contributed by atoms with van der Waals surface area (Å²) in [4.78, 5) is 9.65. The Balaban J connectivity index is 3.02. The van der Waals surface area contributed by atoms with Gasteiger partial charge in [-0.2, -0.15) is 0 Å². The maximum atomic E-state index is 10.3. The number of hydrogen-bond donors (Lipinski definition) is 1. The van der Waals surface area contributed by atoms with E-state index >= 15 is 0 Å². The standard InChI is InChI=1S/C8H11N3O5/c1-15-7-3-5(6(12)4-11(13)14)8(16-2)10-9-7/h3,6,12H,4H2,1-2H3. The summed E-state index contributed by atoms with van der Waals surface area (Å²) in [5, 5.41) is 27.1. The van der Waals surface area contributed by atoms with E-state index < -0.39 is 17.6 Å². The van der Waals surface area contributed by atoms with Crippen molar-refractivity contribution in [2.24, 2.45) is 0 Å². The highest BCUT2D eigenvalue weighted by molar-refractivity contribution is 5.30. The minimum absolute atomic E-state index is 0.0372. The quantitative estimate of drug-likeness (QED) is 0.550. The normalized spacial score (nSPS) is 11.9. The van der Waals surface area contributed by atoms with Gasteiger partial charge >= 0.3 is 0 Å². The molecule has 16 heavy (non-hydrogen) atoms. The minimum Gasteiger partial charge on any atom is -0.480 e. The molecule has 1 atom stereocenters. The molecule has 1 rings (SSSR count). The molecule has 0 aliphatic carbocycles. The van der Waals surface area contributed by atoms with Gasteiger partial charge in [0.1, 0.15) is 6.10 Å². The summed E-state index contributed by atoms with van der Waals surface area (Å²) in [7, 11) is 2.71. The van der Waals surface area contributed by atoms with Crippen LogP contribution in [0, 0.1) is 10.1 Å². The second kappa shape index (κ2) is 5.21. The molecule has 1 aromatic heterocycles. The lowest BCUT2D eigenvalue weighted by Gasteiger charge is -2.10. The second-order valence-corrected chi connectivity index (χ2v) is 2.88. The highest BCUT2D eigenvalue weighted by atomic mass is 16.6. The molecular weight excluding hydrogens is 218 g/mol. The van der Waals surface area contributed by atoms with Gasteiger partial charge in [0.25, 0.3) is 0 Å². The van der Waals surface area contributed by atoms with Crippen molar-refractivity contribution < 1.29 is 19.5 Å². The summed E-state index contributed by atoms with van der Waals surface area (Å²) in [5.74, 6) is 0.188. The Bertz CT molecular complexity index is 384. The fourth-order valence-corrected chi connectivity index (χ4v) is 1.11. The Hall–Kier alpha value is -1.96. The van der Waals surface area contributed by atoms with E-state index in [1.807, 2.05) is 0 Å². The number of methoxy groups -OCH3 is 2. The molecular formula is C8H11N3O5. The van der Waals surface area contributed by atoms with Crippen molar-refractivity contribution in [1.82, 2.24) is 10.2 Å². The van der Waals surface area contributed by atoms with Crippen LogP contribution in [0.1, 0.15) is 11.7 Å². The molecule has 0 aliphatic rings. The van der Waals surface area contributed by atoms with Crippen LogP contribution in [0.5, 0.6) is 11.8 Å². The number of nitrogens with zero attached hydrogens (tertiary/aromatic N) is 3. The topological polar surface area (TPSA) is 108 Å². The van der Waals surface area contributed by atoms with Crippen LogP contribution in [-0.2, 0) is 0 Å². The van der Waals surface area contributed by atoms with Crippen molar-refractivity contribution in [2.75, 3.05) is 20.8 Å². The minimum atomic E-state index is -1.31. The van der Waals surface area contributed by atoms with Crippen LogP contribution in [0.3, 0.4) is 0 Å². The highest BCUT2D eigenvalue weighted by Crippen LogP contribution is 2.25. The van der Waals surface area contributed by atoms with E-state index in [4.69, 9.17) is 9.47 Å². The van der Waals surface area contributed by atoms with E-state index in [2.05, 4.69) is 10.2 Å². The zero-order valence-electron chi connectivity index (χ0n) is 8.78. The van der Waals surface area contributed by atoms with Crippen LogP contribution in [0.2, 0.25) is 0 Å². The Morgan fingerprint density at radius 3 is 2.69 bits per heavy atom. The lowest BCUT2D eigenvalue weighted by molar-refractivity contribution is -0.491. The number of rotatable bonds is 5. The predicted molar refractivity (Wildman–Crippen MR) is 52.0 cm³/mol. The first-order valence-corrected chi connectivity index (χ1v) is 4.34. The SMILES string of the molecule is COc1cc(C(O)C[N+](=O)[O-])c(OC)nn1.